The zero-order valence-corrected chi connectivity index (χ0v) is 10.1. The van der Waals surface area contributed by atoms with Crippen LogP contribution < -0.4 is 5.32 Å². The summed E-state index contributed by atoms with van der Waals surface area (Å²) in [4.78, 5) is 12.0. The van der Waals surface area contributed by atoms with Crippen LogP contribution in [0, 0.1) is 0 Å². The van der Waals surface area contributed by atoms with Crippen molar-refractivity contribution < 1.29 is 9.53 Å². The van der Waals surface area contributed by atoms with Gasteiger partial charge in [-0.1, -0.05) is 0 Å². The van der Waals surface area contributed by atoms with Crippen LogP contribution in [0.1, 0.15) is 32.6 Å². The van der Waals surface area contributed by atoms with E-state index in [-0.39, 0.29) is 11.5 Å². The number of hydrogen-bond acceptors (Lipinski definition) is 4. The minimum absolute atomic E-state index is 0.0379. The second-order valence-electron chi connectivity index (χ2n) is 4.38. The highest BCUT2D eigenvalue weighted by atomic mass is 32.2. The first kappa shape index (κ1) is 11.3. The lowest BCUT2D eigenvalue weighted by Gasteiger charge is -2.35. The van der Waals surface area contributed by atoms with Gasteiger partial charge in [0.15, 0.2) is 0 Å². The van der Waals surface area contributed by atoms with E-state index in [0.717, 1.165) is 18.6 Å². The molecule has 2 aliphatic rings. The van der Waals surface area contributed by atoms with Crippen molar-refractivity contribution >= 4 is 17.7 Å². The van der Waals surface area contributed by atoms with Gasteiger partial charge in [0.25, 0.3) is 0 Å². The highest BCUT2D eigenvalue weighted by Crippen LogP contribution is 2.32. The van der Waals surface area contributed by atoms with E-state index in [0.29, 0.717) is 12.6 Å². The third-order valence-electron chi connectivity index (χ3n) is 2.96. The molecular weight excluding hydrogens is 210 g/mol. The molecule has 0 bridgehead atoms. The van der Waals surface area contributed by atoms with Gasteiger partial charge < -0.3 is 4.74 Å². The van der Waals surface area contributed by atoms with E-state index in [9.17, 15) is 4.79 Å². The minimum Gasteiger partial charge on any atom is -0.465 e. The Balaban J connectivity index is 2.01. The molecule has 3 nitrogen and oxygen atoms in total. The summed E-state index contributed by atoms with van der Waals surface area (Å²) in [6, 6.07) is 0.563. The van der Waals surface area contributed by atoms with Crippen LogP contribution >= 0.6 is 11.8 Å². The standard InChI is InChI=1S/C11H19NO2S/c1-2-14-10(13)11(12-9-4-5-9)6-3-7-15-8-11/h9,12H,2-8H2,1H3. The molecule has 1 unspecified atom stereocenters. The Morgan fingerprint density at radius 3 is 2.93 bits per heavy atom. The van der Waals surface area contributed by atoms with Gasteiger partial charge >= 0.3 is 5.97 Å². The van der Waals surface area contributed by atoms with Gasteiger partial charge in [0.2, 0.25) is 0 Å². The molecule has 1 N–H and O–H groups in total. The maximum atomic E-state index is 12.0. The molecular formula is C11H19NO2S. The van der Waals surface area contributed by atoms with E-state index in [1.54, 1.807) is 0 Å². The van der Waals surface area contributed by atoms with E-state index in [2.05, 4.69) is 5.32 Å². The number of carbonyl (C=O) groups is 1. The van der Waals surface area contributed by atoms with Crippen LogP contribution in [0.3, 0.4) is 0 Å². The minimum atomic E-state index is -0.375. The summed E-state index contributed by atoms with van der Waals surface area (Å²) in [7, 11) is 0. The third-order valence-corrected chi connectivity index (χ3v) is 4.24. The summed E-state index contributed by atoms with van der Waals surface area (Å²) >= 11 is 1.86. The Labute approximate surface area is 95.3 Å². The lowest BCUT2D eigenvalue weighted by molar-refractivity contribution is -0.150. The largest absolute Gasteiger partial charge is 0.465 e. The molecule has 0 amide bonds. The molecule has 15 heavy (non-hydrogen) atoms. The van der Waals surface area contributed by atoms with Crippen LogP contribution in [-0.4, -0.2) is 35.7 Å². The van der Waals surface area contributed by atoms with Crippen LogP contribution in [0.25, 0.3) is 0 Å². The summed E-state index contributed by atoms with van der Waals surface area (Å²) < 4.78 is 5.20. The lowest BCUT2D eigenvalue weighted by Crippen LogP contribution is -2.57. The summed E-state index contributed by atoms with van der Waals surface area (Å²) in [5.74, 6) is 2.01. The number of thioether (sulfide) groups is 1. The van der Waals surface area contributed by atoms with E-state index in [1.807, 2.05) is 18.7 Å². The Kier molecular flexibility index (Phi) is 3.57. The first-order valence-electron chi connectivity index (χ1n) is 5.79. The van der Waals surface area contributed by atoms with Gasteiger partial charge in [-0.2, -0.15) is 11.8 Å². The quantitative estimate of drug-likeness (QED) is 0.743. The fourth-order valence-electron chi connectivity index (χ4n) is 2.02. The molecule has 1 aliphatic carbocycles. The van der Waals surface area contributed by atoms with E-state index in [4.69, 9.17) is 4.74 Å². The number of hydrogen-bond donors (Lipinski definition) is 1. The predicted octanol–water partition coefficient (Wildman–Crippen LogP) is 1.57. The second kappa shape index (κ2) is 4.74. The van der Waals surface area contributed by atoms with Gasteiger partial charge in [-0.05, 0) is 38.4 Å². The zero-order valence-electron chi connectivity index (χ0n) is 9.25. The molecule has 1 saturated carbocycles. The summed E-state index contributed by atoms with van der Waals surface area (Å²) in [5.41, 5.74) is -0.375. The zero-order chi connectivity index (χ0) is 10.7. The average molecular weight is 229 g/mol. The summed E-state index contributed by atoms with van der Waals surface area (Å²) in [5, 5.41) is 3.50. The molecule has 1 saturated heterocycles. The molecule has 0 aromatic carbocycles. The number of esters is 1. The predicted molar refractivity (Wildman–Crippen MR) is 62.1 cm³/mol. The van der Waals surface area contributed by atoms with Gasteiger partial charge in [0.05, 0.1) is 6.61 Å². The Hall–Kier alpha value is -0.220. The monoisotopic (exact) mass is 229 g/mol. The van der Waals surface area contributed by atoms with Gasteiger partial charge in [-0.15, -0.1) is 0 Å². The molecule has 1 atom stereocenters. The van der Waals surface area contributed by atoms with E-state index < -0.39 is 0 Å². The molecule has 86 valence electrons. The molecule has 0 radical (unpaired) electrons. The normalized spacial score (nSPS) is 31.3. The van der Waals surface area contributed by atoms with Crippen LogP contribution in [0.4, 0.5) is 0 Å². The number of carbonyl (C=O) groups excluding carboxylic acids is 1. The van der Waals surface area contributed by atoms with Crippen LogP contribution in [0.15, 0.2) is 0 Å². The molecule has 0 aromatic heterocycles. The number of nitrogens with one attached hydrogen (secondary N) is 1. The van der Waals surface area contributed by atoms with Crippen molar-refractivity contribution in [2.45, 2.75) is 44.2 Å². The molecule has 0 aromatic rings. The van der Waals surface area contributed by atoms with Gasteiger partial charge in [0, 0.05) is 11.8 Å². The van der Waals surface area contributed by atoms with Crippen molar-refractivity contribution in [3.8, 4) is 0 Å². The fourth-order valence-corrected chi connectivity index (χ4v) is 3.20. The average Bonchev–Trinajstić information content (AvgIpc) is 3.03. The van der Waals surface area contributed by atoms with Crippen molar-refractivity contribution in [1.29, 1.82) is 0 Å². The Morgan fingerprint density at radius 2 is 2.40 bits per heavy atom. The van der Waals surface area contributed by atoms with E-state index in [1.165, 1.54) is 18.6 Å². The fraction of sp³-hybridized carbons (Fsp3) is 0.909. The molecule has 4 heteroatoms. The van der Waals surface area contributed by atoms with Gasteiger partial charge in [0.1, 0.15) is 5.54 Å². The maximum absolute atomic E-state index is 12.0. The number of rotatable bonds is 4. The molecule has 1 heterocycles. The Bertz CT molecular complexity index is 235. The third kappa shape index (κ3) is 2.67. The van der Waals surface area contributed by atoms with Gasteiger partial charge in [-0.25, -0.2) is 0 Å². The van der Waals surface area contributed by atoms with Crippen molar-refractivity contribution in [1.82, 2.24) is 5.32 Å². The van der Waals surface area contributed by atoms with Crippen molar-refractivity contribution in [2.75, 3.05) is 18.1 Å². The van der Waals surface area contributed by atoms with Crippen LogP contribution in [-0.2, 0) is 9.53 Å². The SMILES string of the molecule is CCOC(=O)C1(NC2CC2)CCCSC1. The number of ether oxygens (including phenoxy) is 1. The highest BCUT2D eigenvalue weighted by molar-refractivity contribution is 7.99. The second-order valence-corrected chi connectivity index (χ2v) is 5.48. The Morgan fingerprint density at radius 1 is 1.60 bits per heavy atom. The van der Waals surface area contributed by atoms with Crippen LogP contribution in [0.2, 0.25) is 0 Å². The highest BCUT2D eigenvalue weighted by Gasteiger charge is 2.44. The lowest BCUT2D eigenvalue weighted by atomic mass is 9.95. The summed E-state index contributed by atoms with van der Waals surface area (Å²) in [6.07, 6.45) is 4.48. The molecule has 2 rings (SSSR count). The molecule has 1 aliphatic heterocycles. The summed E-state index contributed by atoms with van der Waals surface area (Å²) in [6.45, 7) is 2.36. The van der Waals surface area contributed by atoms with Crippen molar-refractivity contribution in [3.63, 3.8) is 0 Å². The van der Waals surface area contributed by atoms with E-state index >= 15 is 0 Å². The van der Waals surface area contributed by atoms with Crippen molar-refractivity contribution in [3.05, 3.63) is 0 Å². The van der Waals surface area contributed by atoms with Crippen molar-refractivity contribution in [2.24, 2.45) is 0 Å². The first-order valence-corrected chi connectivity index (χ1v) is 6.95. The van der Waals surface area contributed by atoms with Gasteiger partial charge in [-0.3, -0.25) is 10.1 Å². The topological polar surface area (TPSA) is 38.3 Å². The van der Waals surface area contributed by atoms with Crippen LogP contribution in [0.5, 0.6) is 0 Å². The molecule has 2 fully saturated rings. The molecule has 0 spiro atoms. The first-order chi connectivity index (χ1) is 7.27. The smallest absolute Gasteiger partial charge is 0.327 e. The maximum Gasteiger partial charge on any atom is 0.327 e.